The SMILES string of the molecule is CC(Nc1ccn(C)n1)c1ccc(C(C)(C)C)cc1. The molecular formula is C16H23N3. The largest absolute Gasteiger partial charge is 0.362 e. The van der Waals surface area contributed by atoms with Crippen LogP contribution in [-0.4, -0.2) is 9.78 Å². The number of hydrogen-bond acceptors (Lipinski definition) is 2. The Morgan fingerprint density at radius 3 is 2.21 bits per heavy atom. The summed E-state index contributed by atoms with van der Waals surface area (Å²) in [6.45, 7) is 8.85. The van der Waals surface area contributed by atoms with Gasteiger partial charge in [0.2, 0.25) is 0 Å². The number of benzene rings is 1. The molecule has 0 saturated heterocycles. The first-order chi connectivity index (χ1) is 8.86. The van der Waals surface area contributed by atoms with E-state index in [4.69, 9.17) is 0 Å². The maximum Gasteiger partial charge on any atom is 0.148 e. The summed E-state index contributed by atoms with van der Waals surface area (Å²) in [4.78, 5) is 0. The molecule has 19 heavy (non-hydrogen) atoms. The average Bonchev–Trinajstić information content (AvgIpc) is 2.74. The summed E-state index contributed by atoms with van der Waals surface area (Å²) in [6.07, 6.45) is 1.94. The highest BCUT2D eigenvalue weighted by molar-refractivity contribution is 5.38. The van der Waals surface area contributed by atoms with Crippen molar-refractivity contribution in [2.24, 2.45) is 7.05 Å². The molecular weight excluding hydrogens is 234 g/mol. The molecule has 0 amide bonds. The molecule has 1 N–H and O–H groups in total. The van der Waals surface area contributed by atoms with E-state index in [-0.39, 0.29) is 11.5 Å². The zero-order chi connectivity index (χ0) is 14.0. The van der Waals surface area contributed by atoms with Crippen molar-refractivity contribution in [3.8, 4) is 0 Å². The second kappa shape index (κ2) is 5.08. The Morgan fingerprint density at radius 2 is 1.74 bits per heavy atom. The van der Waals surface area contributed by atoms with E-state index in [9.17, 15) is 0 Å². The molecule has 2 rings (SSSR count). The van der Waals surface area contributed by atoms with Gasteiger partial charge in [0.05, 0.1) is 0 Å². The van der Waals surface area contributed by atoms with Crippen LogP contribution in [0.3, 0.4) is 0 Å². The van der Waals surface area contributed by atoms with Gasteiger partial charge in [0.25, 0.3) is 0 Å². The van der Waals surface area contributed by atoms with Crippen molar-refractivity contribution >= 4 is 5.82 Å². The summed E-state index contributed by atoms with van der Waals surface area (Å²) < 4.78 is 1.80. The van der Waals surface area contributed by atoms with E-state index < -0.39 is 0 Å². The lowest BCUT2D eigenvalue weighted by molar-refractivity contribution is 0.589. The fourth-order valence-electron chi connectivity index (χ4n) is 2.07. The van der Waals surface area contributed by atoms with E-state index in [1.165, 1.54) is 11.1 Å². The average molecular weight is 257 g/mol. The highest BCUT2D eigenvalue weighted by Gasteiger charge is 2.14. The van der Waals surface area contributed by atoms with E-state index in [0.29, 0.717) is 0 Å². The third-order valence-corrected chi connectivity index (χ3v) is 3.35. The molecule has 0 aliphatic rings. The van der Waals surface area contributed by atoms with E-state index in [0.717, 1.165) is 5.82 Å². The Hall–Kier alpha value is -1.77. The highest BCUT2D eigenvalue weighted by Crippen LogP contribution is 2.24. The zero-order valence-corrected chi connectivity index (χ0v) is 12.4. The molecule has 1 aromatic carbocycles. The third kappa shape index (κ3) is 3.37. The smallest absolute Gasteiger partial charge is 0.148 e. The summed E-state index contributed by atoms with van der Waals surface area (Å²) >= 11 is 0. The lowest BCUT2D eigenvalue weighted by atomic mass is 9.86. The van der Waals surface area contributed by atoms with Crippen molar-refractivity contribution in [3.05, 3.63) is 47.7 Å². The molecule has 1 atom stereocenters. The van der Waals surface area contributed by atoms with Crippen LogP contribution in [-0.2, 0) is 12.5 Å². The van der Waals surface area contributed by atoms with Crippen molar-refractivity contribution < 1.29 is 0 Å². The Kier molecular flexibility index (Phi) is 3.65. The van der Waals surface area contributed by atoms with Gasteiger partial charge in [-0.25, -0.2) is 0 Å². The number of hydrogen-bond donors (Lipinski definition) is 1. The molecule has 0 aliphatic carbocycles. The molecule has 1 unspecified atom stereocenters. The molecule has 0 spiro atoms. The molecule has 0 bridgehead atoms. The van der Waals surface area contributed by atoms with Crippen LogP contribution in [0.1, 0.15) is 44.9 Å². The van der Waals surface area contributed by atoms with Crippen molar-refractivity contribution in [1.29, 1.82) is 0 Å². The van der Waals surface area contributed by atoms with Crippen LogP contribution in [0, 0.1) is 0 Å². The van der Waals surface area contributed by atoms with Crippen LogP contribution in [0.2, 0.25) is 0 Å². The van der Waals surface area contributed by atoms with Gasteiger partial charge >= 0.3 is 0 Å². The van der Waals surface area contributed by atoms with Crippen molar-refractivity contribution in [2.45, 2.75) is 39.2 Å². The minimum absolute atomic E-state index is 0.205. The maximum absolute atomic E-state index is 4.34. The van der Waals surface area contributed by atoms with E-state index in [1.54, 1.807) is 4.68 Å². The van der Waals surface area contributed by atoms with Crippen LogP contribution in [0.4, 0.5) is 5.82 Å². The van der Waals surface area contributed by atoms with Gasteiger partial charge in [0.1, 0.15) is 5.82 Å². The van der Waals surface area contributed by atoms with Crippen LogP contribution in [0.5, 0.6) is 0 Å². The van der Waals surface area contributed by atoms with Crippen LogP contribution in [0.25, 0.3) is 0 Å². The Bertz CT molecular complexity index is 532. The number of nitrogens with zero attached hydrogens (tertiary/aromatic N) is 2. The summed E-state index contributed by atoms with van der Waals surface area (Å²) in [5.74, 6) is 0.912. The van der Waals surface area contributed by atoms with Gasteiger partial charge in [-0.2, -0.15) is 5.10 Å². The minimum atomic E-state index is 0.205. The lowest BCUT2D eigenvalue weighted by Gasteiger charge is -2.20. The molecule has 1 aromatic heterocycles. The first kappa shape index (κ1) is 13.7. The molecule has 0 radical (unpaired) electrons. The minimum Gasteiger partial charge on any atom is -0.362 e. The fraction of sp³-hybridized carbons (Fsp3) is 0.438. The Labute approximate surface area is 115 Å². The van der Waals surface area contributed by atoms with E-state index >= 15 is 0 Å². The van der Waals surface area contributed by atoms with Gasteiger partial charge in [0.15, 0.2) is 0 Å². The van der Waals surface area contributed by atoms with Crippen molar-refractivity contribution in [3.63, 3.8) is 0 Å². The van der Waals surface area contributed by atoms with Gasteiger partial charge < -0.3 is 5.32 Å². The summed E-state index contributed by atoms with van der Waals surface area (Å²) in [5, 5.41) is 7.74. The number of aromatic nitrogens is 2. The predicted molar refractivity (Wildman–Crippen MR) is 80.4 cm³/mol. The monoisotopic (exact) mass is 257 g/mol. The number of aryl methyl sites for hydroxylation is 1. The first-order valence-corrected chi connectivity index (χ1v) is 6.73. The lowest BCUT2D eigenvalue weighted by Crippen LogP contribution is -2.12. The topological polar surface area (TPSA) is 29.9 Å². The molecule has 0 fully saturated rings. The molecule has 0 saturated carbocycles. The molecule has 2 aromatic rings. The second-order valence-electron chi connectivity index (χ2n) is 6.11. The van der Waals surface area contributed by atoms with Gasteiger partial charge in [-0.15, -0.1) is 0 Å². The van der Waals surface area contributed by atoms with Crippen LogP contribution >= 0.6 is 0 Å². The summed E-state index contributed by atoms with van der Waals surface area (Å²) in [5.41, 5.74) is 2.84. The van der Waals surface area contributed by atoms with E-state index in [2.05, 4.69) is 62.4 Å². The number of nitrogens with one attached hydrogen (secondary N) is 1. The Morgan fingerprint density at radius 1 is 1.11 bits per heavy atom. The van der Waals surface area contributed by atoms with Crippen molar-refractivity contribution in [1.82, 2.24) is 9.78 Å². The fourth-order valence-corrected chi connectivity index (χ4v) is 2.07. The Balaban J connectivity index is 2.09. The number of rotatable bonds is 3. The van der Waals surface area contributed by atoms with Gasteiger partial charge in [-0.3, -0.25) is 4.68 Å². The van der Waals surface area contributed by atoms with E-state index in [1.807, 2.05) is 19.3 Å². The summed E-state index contributed by atoms with van der Waals surface area (Å²) in [7, 11) is 1.92. The van der Waals surface area contributed by atoms with Crippen LogP contribution < -0.4 is 5.32 Å². The molecule has 3 nitrogen and oxygen atoms in total. The molecule has 0 aliphatic heterocycles. The first-order valence-electron chi connectivity index (χ1n) is 6.73. The van der Waals surface area contributed by atoms with Gasteiger partial charge in [0, 0.05) is 25.4 Å². The van der Waals surface area contributed by atoms with Crippen LogP contribution in [0.15, 0.2) is 36.5 Å². The zero-order valence-electron chi connectivity index (χ0n) is 12.4. The predicted octanol–water partition coefficient (Wildman–Crippen LogP) is 3.89. The quantitative estimate of drug-likeness (QED) is 0.904. The molecule has 1 heterocycles. The maximum atomic E-state index is 4.34. The van der Waals surface area contributed by atoms with Crippen molar-refractivity contribution in [2.75, 3.05) is 5.32 Å². The molecule has 102 valence electrons. The molecule has 3 heteroatoms. The number of anilines is 1. The normalized spacial score (nSPS) is 13.3. The van der Waals surface area contributed by atoms with Gasteiger partial charge in [-0.1, -0.05) is 45.0 Å². The summed E-state index contributed by atoms with van der Waals surface area (Å²) in [6, 6.07) is 11.1. The highest BCUT2D eigenvalue weighted by atomic mass is 15.3. The second-order valence-corrected chi connectivity index (χ2v) is 6.11. The third-order valence-electron chi connectivity index (χ3n) is 3.35. The van der Waals surface area contributed by atoms with Gasteiger partial charge in [-0.05, 0) is 23.5 Å². The standard InChI is InChI=1S/C16H23N3/c1-12(17-15-10-11-19(5)18-15)13-6-8-14(9-7-13)16(2,3)4/h6-12H,1-5H3,(H,17,18).